The number of hydrogen-bond donors (Lipinski definition) is 1. The van der Waals surface area contributed by atoms with Crippen molar-refractivity contribution >= 4 is 17.9 Å². The Balaban J connectivity index is 0.00000142. The van der Waals surface area contributed by atoms with Gasteiger partial charge in [0.2, 0.25) is 0 Å². The van der Waals surface area contributed by atoms with E-state index >= 15 is 0 Å². The quantitative estimate of drug-likeness (QED) is 0.236. The number of phenolic OH excluding ortho intramolecular Hbond substituents is 1. The minimum atomic E-state index is -1.98. The summed E-state index contributed by atoms with van der Waals surface area (Å²) in [6.45, 7) is 17.9. The molecule has 1 aromatic rings. The third kappa shape index (κ3) is 12.6. The van der Waals surface area contributed by atoms with E-state index in [9.17, 15) is 5.11 Å². The Labute approximate surface area is 237 Å². The van der Waals surface area contributed by atoms with Crippen molar-refractivity contribution < 1.29 is 39.0 Å². The molecule has 1 aliphatic rings. The van der Waals surface area contributed by atoms with E-state index in [1.807, 2.05) is 13.8 Å². The average Bonchev–Trinajstić information content (AvgIpc) is 2.75. The zero-order valence-corrected chi connectivity index (χ0v) is 27.9. The molecule has 1 aromatic carbocycles. The van der Waals surface area contributed by atoms with Gasteiger partial charge in [0.15, 0.2) is 0 Å². The van der Waals surface area contributed by atoms with Crippen molar-refractivity contribution in [2.24, 2.45) is 17.8 Å². The van der Waals surface area contributed by atoms with E-state index in [1.54, 1.807) is 0 Å². The molecule has 35 heavy (non-hydrogen) atoms. The number of rotatable bonds is 12. The van der Waals surface area contributed by atoms with Crippen molar-refractivity contribution in [3.8, 4) is 11.5 Å². The normalized spacial score (nSPS) is 19.4. The summed E-state index contributed by atoms with van der Waals surface area (Å²) in [6.07, 6.45) is 14.1. The number of fused-ring (bicyclic) bond motifs is 1. The molecule has 207 valence electrons. The van der Waals surface area contributed by atoms with Gasteiger partial charge in [-0.1, -0.05) is 72.6 Å². The van der Waals surface area contributed by atoms with Crippen molar-refractivity contribution in [1.82, 2.24) is 0 Å². The number of halogens is 3. The van der Waals surface area contributed by atoms with Crippen LogP contribution < -0.4 is 4.74 Å². The van der Waals surface area contributed by atoms with Crippen LogP contribution in [-0.2, 0) is 6.42 Å². The van der Waals surface area contributed by atoms with Crippen LogP contribution in [0.2, 0.25) is 0 Å². The van der Waals surface area contributed by atoms with Crippen molar-refractivity contribution in [1.29, 1.82) is 0 Å². The first kappa shape index (κ1) is 34.0. The molecular weight excluding hydrogens is 644 g/mol. The summed E-state index contributed by atoms with van der Waals surface area (Å²) in [6, 6.07) is 0. The van der Waals surface area contributed by atoms with E-state index in [4.69, 9.17) is 22.7 Å². The predicted molar refractivity (Wildman–Crippen MR) is 152 cm³/mol. The summed E-state index contributed by atoms with van der Waals surface area (Å²) >= 11 is -1.98. The zero-order valence-electron chi connectivity index (χ0n) is 23.4. The SMILES string of the molecule is Cc1c(C)c2c(c(C)c1O)CC[C@@](C)(CCC[C@H](C)CCC[C@H](C)CCCC(C)C)O2.[Cl][Gd]([Cl])[Cl]. The van der Waals surface area contributed by atoms with E-state index in [-0.39, 0.29) is 5.60 Å². The van der Waals surface area contributed by atoms with Crippen LogP contribution in [0.5, 0.6) is 11.5 Å². The summed E-state index contributed by atoms with van der Waals surface area (Å²) < 4.78 is 6.60. The third-order valence-corrected chi connectivity index (χ3v) is 7.87. The Kier molecular flexibility index (Phi) is 16.4. The van der Waals surface area contributed by atoms with Gasteiger partial charge in [-0.3, -0.25) is 0 Å². The van der Waals surface area contributed by atoms with Crippen LogP contribution in [0.1, 0.15) is 121 Å². The van der Waals surface area contributed by atoms with E-state index in [2.05, 4.69) is 41.5 Å². The Bertz CT molecular complexity index is 766. The number of hydrogen-bond acceptors (Lipinski definition) is 2. The summed E-state index contributed by atoms with van der Waals surface area (Å²) in [7, 11) is 0. The van der Waals surface area contributed by atoms with E-state index < -0.39 is 29.2 Å². The van der Waals surface area contributed by atoms with Gasteiger partial charge in [0.05, 0.1) is 0 Å². The molecule has 0 radical (unpaired) electrons. The van der Waals surface area contributed by atoms with Gasteiger partial charge in [0, 0.05) is 5.56 Å². The van der Waals surface area contributed by atoms with Gasteiger partial charge < -0.3 is 9.84 Å². The first-order valence-corrected chi connectivity index (χ1v) is 22.0. The molecule has 0 saturated carbocycles. The van der Waals surface area contributed by atoms with Gasteiger partial charge in [-0.25, -0.2) is 0 Å². The number of aromatic hydroxyl groups is 1. The zero-order chi connectivity index (χ0) is 26.8. The fourth-order valence-corrected chi connectivity index (χ4v) is 5.27. The molecule has 6 heteroatoms. The van der Waals surface area contributed by atoms with E-state index in [0.29, 0.717) is 5.75 Å². The van der Waals surface area contributed by atoms with Crippen LogP contribution in [0.15, 0.2) is 0 Å². The van der Waals surface area contributed by atoms with Gasteiger partial charge in [0.25, 0.3) is 0 Å². The summed E-state index contributed by atoms with van der Waals surface area (Å²) in [5.41, 5.74) is 4.23. The van der Waals surface area contributed by atoms with E-state index in [1.165, 1.54) is 56.9 Å². The Morgan fingerprint density at radius 2 is 1.31 bits per heavy atom. The predicted octanol–water partition coefficient (Wildman–Crippen LogP) is 10.9. The monoisotopic (exact) mass is 693 g/mol. The van der Waals surface area contributed by atoms with Crippen molar-refractivity contribution in [2.75, 3.05) is 0 Å². The van der Waals surface area contributed by atoms with Gasteiger partial charge in [-0.05, 0) is 87.8 Å². The fourth-order valence-electron chi connectivity index (χ4n) is 5.27. The molecule has 1 heterocycles. The molecule has 1 N–H and O–H groups in total. The van der Waals surface area contributed by atoms with Gasteiger partial charge in [-0.15, -0.1) is 0 Å². The van der Waals surface area contributed by atoms with Crippen LogP contribution >= 0.6 is 17.9 Å². The summed E-state index contributed by atoms with van der Waals surface area (Å²) in [5, 5.41) is 10.4. The van der Waals surface area contributed by atoms with Crippen molar-refractivity contribution in [3.05, 3.63) is 22.3 Å². The molecule has 0 spiro atoms. The standard InChI is InChI=1S/C29H50O2.3ClH.Gd/c1-20(2)12-9-13-21(3)14-10-15-22(4)16-11-18-29(8)19-17-26-25(7)27(30)23(5)24(6)28(26)31-29;;;;/h20-22,30H,9-19H2,1-8H3;3*1H;/q;;;;+3/p-3/t21-,22-,29-;;;;/m1..../s1. The first-order chi connectivity index (χ1) is 16.3. The summed E-state index contributed by atoms with van der Waals surface area (Å²) in [5.74, 6) is 19.0. The maximum atomic E-state index is 10.4. The van der Waals surface area contributed by atoms with Crippen LogP contribution in [0.3, 0.4) is 0 Å². The van der Waals surface area contributed by atoms with Crippen LogP contribution in [-0.4, -0.2) is 10.7 Å². The number of benzene rings is 1. The number of phenols is 1. The molecule has 1 aliphatic heterocycles. The molecule has 2 rings (SSSR count). The van der Waals surface area contributed by atoms with Crippen molar-refractivity contribution in [2.45, 2.75) is 132 Å². The average molecular weight is 694 g/mol. The van der Waals surface area contributed by atoms with Gasteiger partial charge in [0.1, 0.15) is 17.1 Å². The van der Waals surface area contributed by atoms with Crippen LogP contribution in [0.25, 0.3) is 0 Å². The van der Waals surface area contributed by atoms with Gasteiger partial charge >= 0.3 is 47.1 Å². The van der Waals surface area contributed by atoms with Crippen molar-refractivity contribution in [3.63, 3.8) is 0 Å². The Morgan fingerprint density at radius 1 is 0.829 bits per heavy atom. The molecule has 0 fully saturated rings. The van der Waals surface area contributed by atoms with Gasteiger partial charge in [-0.2, -0.15) is 0 Å². The second kappa shape index (κ2) is 16.9. The molecule has 0 unspecified atom stereocenters. The fraction of sp³-hybridized carbons (Fsp3) is 0.793. The molecular formula is C29H50Cl3GdO2. The first-order valence-electron chi connectivity index (χ1n) is 13.4. The second-order valence-corrected chi connectivity index (χ2v) is 21.6. The molecule has 0 saturated heterocycles. The summed E-state index contributed by atoms with van der Waals surface area (Å²) in [4.78, 5) is 0. The molecule has 2 nitrogen and oxygen atoms in total. The second-order valence-electron chi connectivity index (χ2n) is 11.6. The Hall–Kier alpha value is 1.01. The molecule has 0 aliphatic carbocycles. The minimum absolute atomic E-state index is 0.0712. The molecule has 3 atom stereocenters. The van der Waals surface area contributed by atoms with E-state index in [0.717, 1.165) is 59.5 Å². The Morgan fingerprint density at radius 3 is 1.83 bits per heavy atom. The molecule has 0 aromatic heterocycles. The maximum absolute atomic E-state index is 10.4. The number of ether oxygens (including phenoxy) is 1. The van der Waals surface area contributed by atoms with Crippen LogP contribution in [0, 0.1) is 67.7 Å². The topological polar surface area (TPSA) is 29.5 Å². The molecule has 0 bridgehead atoms. The molecule has 0 amide bonds. The third-order valence-electron chi connectivity index (χ3n) is 7.87. The van der Waals surface area contributed by atoms with Crippen LogP contribution in [0.4, 0.5) is 0 Å².